The minimum atomic E-state index is -3.48. The molecule has 0 aliphatic carbocycles. The summed E-state index contributed by atoms with van der Waals surface area (Å²) in [7, 11) is -3.48. The van der Waals surface area contributed by atoms with Crippen LogP contribution in [0.2, 0.25) is 0 Å². The van der Waals surface area contributed by atoms with Gasteiger partial charge in [-0.1, -0.05) is 17.3 Å². The summed E-state index contributed by atoms with van der Waals surface area (Å²) in [6.45, 7) is 5.02. The molecule has 3 aromatic rings. The predicted octanol–water partition coefficient (Wildman–Crippen LogP) is 0.841. The monoisotopic (exact) mass is 417 g/mol. The molecule has 4 rings (SSSR count). The van der Waals surface area contributed by atoms with Crippen LogP contribution in [0.1, 0.15) is 11.4 Å². The number of aryl methyl sites for hydroxylation is 1. The van der Waals surface area contributed by atoms with Crippen LogP contribution in [0.5, 0.6) is 0 Å². The number of benzene rings is 1. The molecule has 0 spiro atoms. The van der Waals surface area contributed by atoms with Gasteiger partial charge < -0.3 is 4.52 Å². The minimum Gasteiger partial charge on any atom is -0.356 e. The van der Waals surface area contributed by atoms with Crippen molar-refractivity contribution in [2.24, 2.45) is 0 Å². The number of aromatic nitrogens is 3. The van der Waals surface area contributed by atoms with Crippen molar-refractivity contribution in [2.45, 2.75) is 19.2 Å². The molecule has 0 atom stereocenters. The number of rotatable bonds is 6. The molecule has 0 radical (unpaired) electrons. The van der Waals surface area contributed by atoms with Crippen molar-refractivity contribution in [2.75, 3.05) is 32.7 Å². The fourth-order valence-corrected chi connectivity index (χ4v) is 4.94. The Morgan fingerprint density at radius 1 is 1.03 bits per heavy atom. The number of hydrogen-bond donors (Lipinski definition) is 0. The quantitative estimate of drug-likeness (QED) is 0.586. The molecule has 1 aliphatic heterocycles. The summed E-state index contributed by atoms with van der Waals surface area (Å²) >= 11 is 0. The third kappa shape index (κ3) is 4.39. The van der Waals surface area contributed by atoms with Crippen molar-refractivity contribution in [3.8, 4) is 0 Å². The van der Waals surface area contributed by atoms with Crippen molar-refractivity contribution < 1.29 is 12.9 Å². The first-order valence-corrected chi connectivity index (χ1v) is 11.1. The number of para-hydroxylation sites is 1. The largest absolute Gasteiger partial charge is 0.356 e. The van der Waals surface area contributed by atoms with E-state index >= 15 is 0 Å². The first kappa shape index (κ1) is 19.7. The van der Waals surface area contributed by atoms with Crippen LogP contribution in [-0.2, 0) is 22.3 Å². The molecule has 0 N–H and O–H groups in total. The third-order valence-corrected chi connectivity index (χ3v) is 6.91. The average Bonchev–Trinajstić information content (AvgIpc) is 3.11. The van der Waals surface area contributed by atoms with Crippen LogP contribution in [0, 0.1) is 6.92 Å². The Kier molecular flexibility index (Phi) is 5.48. The maximum atomic E-state index is 12.8. The highest BCUT2D eigenvalue weighted by atomic mass is 32.2. The Hall–Kier alpha value is -2.56. The zero-order valence-corrected chi connectivity index (χ0v) is 17.0. The Labute approximate surface area is 168 Å². The molecule has 0 saturated carbocycles. The molecule has 1 saturated heterocycles. The van der Waals surface area contributed by atoms with Gasteiger partial charge in [-0.05, 0) is 25.1 Å². The van der Waals surface area contributed by atoms with Crippen molar-refractivity contribution in [3.05, 3.63) is 58.1 Å². The molecular weight excluding hydrogens is 394 g/mol. The van der Waals surface area contributed by atoms with E-state index in [1.807, 2.05) is 25.1 Å². The Morgan fingerprint density at radius 2 is 1.79 bits per heavy atom. The Bertz CT molecular complexity index is 1160. The lowest BCUT2D eigenvalue weighted by Gasteiger charge is -2.33. The lowest BCUT2D eigenvalue weighted by atomic mass is 10.2. The SMILES string of the molecule is Cc1ccc(=O)n(CCN2CCN(S(=O)(=O)Cc3noc4ccccc34)CC2)n1. The maximum Gasteiger partial charge on any atom is 0.266 e. The van der Waals surface area contributed by atoms with E-state index in [1.54, 1.807) is 12.1 Å². The van der Waals surface area contributed by atoms with Crippen molar-refractivity contribution in [1.82, 2.24) is 24.1 Å². The summed E-state index contributed by atoms with van der Waals surface area (Å²) in [5, 5.41) is 8.90. The fourth-order valence-electron chi connectivity index (χ4n) is 3.48. The van der Waals surface area contributed by atoms with E-state index in [4.69, 9.17) is 4.52 Å². The van der Waals surface area contributed by atoms with Crippen molar-refractivity contribution in [3.63, 3.8) is 0 Å². The van der Waals surface area contributed by atoms with Gasteiger partial charge in [0.05, 0.1) is 12.2 Å². The van der Waals surface area contributed by atoms with Gasteiger partial charge in [0, 0.05) is 44.2 Å². The predicted molar refractivity (Wildman–Crippen MR) is 108 cm³/mol. The van der Waals surface area contributed by atoms with E-state index in [2.05, 4.69) is 15.2 Å². The van der Waals surface area contributed by atoms with Gasteiger partial charge in [-0.2, -0.15) is 9.40 Å². The molecule has 0 bridgehead atoms. The molecular formula is C19H23N5O4S. The fraction of sp³-hybridized carbons (Fsp3) is 0.421. The highest BCUT2D eigenvalue weighted by Crippen LogP contribution is 2.21. The molecule has 154 valence electrons. The van der Waals surface area contributed by atoms with Gasteiger partial charge in [-0.15, -0.1) is 0 Å². The number of sulfonamides is 1. The van der Waals surface area contributed by atoms with E-state index in [0.717, 1.165) is 11.1 Å². The second-order valence-electron chi connectivity index (χ2n) is 7.16. The molecule has 0 unspecified atom stereocenters. The van der Waals surface area contributed by atoms with Crippen LogP contribution in [-0.4, -0.2) is 65.3 Å². The summed E-state index contributed by atoms with van der Waals surface area (Å²) in [6.07, 6.45) is 0. The van der Waals surface area contributed by atoms with Crippen LogP contribution >= 0.6 is 0 Å². The molecule has 10 heteroatoms. The second kappa shape index (κ2) is 8.05. The van der Waals surface area contributed by atoms with Crippen LogP contribution in [0.15, 0.2) is 45.7 Å². The van der Waals surface area contributed by atoms with E-state index in [0.29, 0.717) is 50.5 Å². The normalized spacial score (nSPS) is 16.4. The second-order valence-corrected chi connectivity index (χ2v) is 9.13. The summed E-state index contributed by atoms with van der Waals surface area (Å²) in [5.41, 5.74) is 1.69. The Balaban J connectivity index is 1.35. The number of hydrogen-bond acceptors (Lipinski definition) is 7. The van der Waals surface area contributed by atoms with E-state index in [1.165, 1.54) is 15.1 Å². The molecule has 1 aliphatic rings. The van der Waals surface area contributed by atoms with Crippen LogP contribution in [0.4, 0.5) is 0 Å². The number of fused-ring (bicyclic) bond motifs is 1. The van der Waals surface area contributed by atoms with Gasteiger partial charge in [0.2, 0.25) is 10.0 Å². The van der Waals surface area contributed by atoms with Gasteiger partial charge in [-0.3, -0.25) is 9.69 Å². The van der Waals surface area contributed by atoms with E-state index < -0.39 is 10.0 Å². The number of nitrogens with zero attached hydrogens (tertiary/aromatic N) is 5. The maximum absolute atomic E-state index is 12.8. The Morgan fingerprint density at radius 3 is 2.59 bits per heavy atom. The van der Waals surface area contributed by atoms with Gasteiger partial charge in [0.25, 0.3) is 5.56 Å². The van der Waals surface area contributed by atoms with Crippen molar-refractivity contribution in [1.29, 1.82) is 0 Å². The smallest absolute Gasteiger partial charge is 0.266 e. The van der Waals surface area contributed by atoms with E-state index in [-0.39, 0.29) is 11.3 Å². The average molecular weight is 417 g/mol. The molecule has 1 fully saturated rings. The summed E-state index contributed by atoms with van der Waals surface area (Å²) < 4.78 is 33.8. The molecule has 29 heavy (non-hydrogen) atoms. The first-order chi connectivity index (χ1) is 13.9. The first-order valence-electron chi connectivity index (χ1n) is 9.51. The van der Waals surface area contributed by atoms with Crippen LogP contribution in [0.3, 0.4) is 0 Å². The van der Waals surface area contributed by atoms with E-state index in [9.17, 15) is 13.2 Å². The highest BCUT2D eigenvalue weighted by Gasteiger charge is 2.28. The molecule has 1 aromatic carbocycles. The zero-order valence-electron chi connectivity index (χ0n) is 16.2. The third-order valence-electron chi connectivity index (χ3n) is 5.12. The van der Waals surface area contributed by atoms with Gasteiger partial charge >= 0.3 is 0 Å². The standard InChI is InChI=1S/C19H23N5O4S/c1-15-6-7-19(25)24(20-15)13-10-22-8-11-23(12-9-22)29(26,27)14-17-16-4-2-3-5-18(16)28-21-17/h2-7H,8-14H2,1H3. The van der Waals surface area contributed by atoms with Crippen LogP contribution < -0.4 is 5.56 Å². The lowest BCUT2D eigenvalue weighted by molar-refractivity contribution is 0.180. The summed E-state index contributed by atoms with van der Waals surface area (Å²) in [5.74, 6) is -0.174. The molecule has 3 heterocycles. The van der Waals surface area contributed by atoms with Crippen LogP contribution in [0.25, 0.3) is 11.0 Å². The molecule has 9 nitrogen and oxygen atoms in total. The summed E-state index contributed by atoms with van der Waals surface area (Å²) in [6, 6.07) is 10.5. The molecule has 2 aromatic heterocycles. The number of piperazine rings is 1. The van der Waals surface area contributed by atoms with Crippen molar-refractivity contribution >= 4 is 21.0 Å². The van der Waals surface area contributed by atoms with Gasteiger partial charge in [0.15, 0.2) is 5.58 Å². The zero-order chi connectivity index (χ0) is 20.4. The highest BCUT2D eigenvalue weighted by molar-refractivity contribution is 7.88. The lowest BCUT2D eigenvalue weighted by Crippen LogP contribution is -2.49. The van der Waals surface area contributed by atoms with Gasteiger partial charge in [-0.25, -0.2) is 13.1 Å². The topological polar surface area (TPSA) is 102 Å². The van der Waals surface area contributed by atoms with Gasteiger partial charge in [0.1, 0.15) is 11.4 Å². The molecule has 0 amide bonds. The minimum absolute atomic E-state index is 0.128. The summed E-state index contributed by atoms with van der Waals surface area (Å²) in [4.78, 5) is 14.0.